The minimum Gasteiger partial charge on any atom is -0.872 e. The molecule has 3 nitrogen and oxygen atoms in total. The van der Waals surface area contributed by atoms with Gasteiger partial charge in [0.15, 0.2) is 0 Å². The smallest absolute Gasteiger partial charge is 0.872 e. The normalized spacial score (nSPS) is 29.4. The molecule has 8 fully saturated rings. The van der Waals surface area contributed by atoms with Crippen molar-refractivity contribution >= 4 is 0 Å². The number of benzene rings is 4. The van der Waals surface area contributed by atoms with Crippen molar-refractivity contribution in [2.45, 2.75) is 116 Å². The molecule has 0 atom stereocenters. The monoisotopic (exact) mass is 857 g/mol. The van der Waals surface area contributed by atoms with E-state index in [1.165, 1.54) is 88.2 Å². The molecule has 0 N–H and O–H groups in total. The summed E-state index contributed by atoms with van der Waals surface area (Å²) >= 11 is 0. The second kappa shape index (κ2) is 15.5. The number of aromatic nitrogens is 1. The molecule has 0 saturated heterocycles. The van der Waals surface area contributed by atoms with Crippen LogP contribution >= 0.6 is 0 Å². The van der Waals surface area contributed by atoms with Gasteiger partial charge < -0.3 is 25.1 Å². The predicted octanol–water partition coefficient (Wildman–Crippen LogP) is 13.0. The summed E-state index contributed by atoms with van der Waals surface area (Å²) < 4.78 is 0. The Kier molecular flexibility index (Phi) is 11.1. The summed E-state index contributed by atoms with van der Waals surface area (Å²) in [5.74, 6) is 5.10. The van der Waals surface area contributed by atoms with Gasteiger partial charge in [-0.3, -0.25) is 0 Å². The van der Waals surface area contributed by atoms with Crippen LogP contribution in [-0.2, 0) is 37.0 Å². The molecule has 5 aromatic rings. The first-order chi connectivity index (χ1) is 27.0. The van der Waals surface area contributed by atoms with E-state index in [0.29, 0.717) is 0 Å². The third-order valence-corrected chi connectivity index (χ3v) is 15.9. The Balaban J connectivity index is 0.00000161. The van der Waals surface area contributed by atoms with Crippen molar-refractivity contribution < 1.29 is 36.4 Å². The zero-order valence-corrected chi connectivity index (χ0v) is 38.7. The quantitative estimate of drug-likeness (QED) is 0.160. The Bertz CT molecular complexity index is 2190. The van der Waals surface area contributed by atoms with E-state index in [4.69, 9.17) is 4.98 Å². The molecule has 0 unspecified atom stereocenters. The first-order valence-corrected chi connectivity index (χ1v) is 21.9. The molecule has 8 bridgehead atoms. The first-order valence-electron chi connectivity index (χ1n) is 21.9. The number of hydrogen-bond acceptors (Lipinski definition) is 3. The summed E-state index contributed by atoms with van der Waals surface area (Å²) in [5, 5.41) is 29.7. The van der Waals surface area contributed by atoms with Gasteiger partial charge in [-0.25, -0.2) is 4.98 Å². The maximum absolute atomic E-state index is 14.9. The van der Waals surface area contributed by atoms with Gasteiger partial charge in [-0.1, -0.05) is 88.4 Å². The standard InChI is InChI=1S/C53H57NO2.2CH3.Zr/c1-30-8-10-40(44-14-32(3)16-46(50(44)55)52-24-34-18-35(25-52)20-36(19-34)26-52)42(12-30)48-6-5-7-49(54-48)43-13-31(2)9-11-41(43)45-15-33(4)17-47(51(45)56)53-27-37-21-38(28-53)23-39(22-37)29-53;;;/h5-17,34-39,55-56H,18-29H2,1-4H3;2*1H3;/q;2*-1;+4/p-2. The van der Waals surface area contributed by atoms with Crippen LogP contribution < -0.4 is 10.2 Å². The van der Waals surface area contributed by atoms with E-state index in [1.54, 1.807) is 0 Å². The third-order valence-electron chi connectivity index (χ3n) is 15.9. The van der Waals surface area contributed by atoms with Crippen molar-refractivity contribution in [1.82, 2.24) is 4.98 Å². The van der Waals surface area contributed by atoms with Gasteiger partial charge in [0.25, 0.3) is 0 Å². The summed E-state index contributed by atoms with van der Waals surface area (Å²) in [5.41, 5.74) is 14.1. The zero-order valence-electron chi connectivity index (χ0n) is 36.2. The summed E-state index contributed by atoms with van der Waals surface area (Å²) in [6.07, 6.45) is 15.2. The fourth-order valence-electron chi connectivity index (χ4n) is 14.6. The Morgan fingerprint density at radius 1 is 0.424 bits per heavy atom. The maximum atomic E-state index is 14.9. The summed E-state index contributed by atoms with van der Waals surface area (Å²) in [6, 6.07) is 28.0. The topological polar surface area (TPSA) is 59.0 Å². The maximum Gasteiger partial charge on any atom is 4.00 e. The SMILES string of the molecule is Cc1ccc(-c2cc(C)cc(C34CC5CC(CC(C5)C3)C4)c2[O-])c(-c2cccc(-c3cc(C)ccc3-c3cc(C)cc(C45CC6CC(CC(C6)C4)C5)c3[O-])n2)c1.[CH3-].[CH3-].[Zr+4]. The van der Waals surface area contributed by atoms with Crippen LogP contribution in [0.15, 0.2) is 78.9 Å². The fraction of sp³-hybridized carbons (Fsp3) is 0.436. The number of aryl methyl sites for hydroxylation is 4. The average molecular weight is 859 g/mol. The van der Waals surface area contributed by atoms with Crippen molar-refractivity contribution in [3.8, 4) is 56.3 Å². The van der Waals surface area contributed by atoms with Gasteiger partial charge >= 0.3 is 26.2 Å². The van der Waals surface area contributed by atoms with Crippen molar-refractivity contribution in [2.75, 3.05) is 0 Å². The van der Waals surface area contributed by atoms with Crippen LogP contribution in [0.5, 0.6) is 11.5 Å². The molecule has 8 aliphatic rings. The van der Waals surface area contributed by atoms with Crippen LogP contribution in [0.2, 0.25) is 0 Å². The van der Waals surface area contributed by atoms with Gasteiger partial charge in [0.05, 0.1) is 11.4 Å². The Hall–Kier alpha value is -3.49. The molecule has 0 spiro atoms. The molecule has 302 valence electrons. The van der Waals surface area contributed by atoms with Gasteiger partial charge in [0.2, 0.25) is 0 Å². The molecule has 59 heavy (non-hydrogen) atoms. The second-order valence-electron chi connectivity index (χ2n) is 20.3. The van der Waals surface area contributed by atoms with Crippen LogP contribution in [0.25, 0.3) is 44.8 Å². The van der Waals surface area contributed by atoms with Crippen LogP contribution in [0.1, 0.15) is 110 Å². The van der Waals surface area contributed by atoms with E-state index in [2.05, 4.69) is 107 Å². The average Bonchev–Trinajstić information content (AvgIpc) is 3.15. The molecule has 0 amide bonds. The number of pyridine rings is 1. The predicted molar refractivity (Wildman–Crippen MR) is 236 cm³/mol. The van der Waals surface area contributed by atoms with E-state index >= 15 is 0 Å². The minimum absolute atomic E-state index is 0. The minimum atomic E-state index is 0. The summed E-state index contributed by atoms with van der Waals surface area (Å²) in [6.45, 7) is 8.59. The van der Waals surface area contributed by atoms with E-state index in [0.717, 1.165) is 103 Å². The molecule has 1 heterocycles. The van der Waals surface area contributed by atoms with E-state index in [9.17, 15) is 10.2 Å². The first kappa shape index (κ1) is 42.2. The fourth-order valence-corrected chi connectivity index (χ4v) is 14.6. The van der Waals surface area contributed by atoms with E-state index in [1.807, 2.05) is 0 Å². The van der Waals surface area contributed by atoms with E-state index in [-0.39, 0.29) is 63.4 Å². The third kappa shape index (κ3) is 7.00. The Labute approximate surface area is 373 Å². The molecule has 8 aliphatic carbocycles. The molecule has 13 rings (SSSR count). The van der Waals surface area contributed by atoms with Crippen LogP contribution in [0.3, 0.4) is 0 Å². The van der Waals surface area contributed by atoms with Gasteiger partial charge in [-0.05, 0) is 209 Å². The number of nitrogens with zero attached hydrogens (tertiary/aromatic N) is 1. The zero-order chi connectivity index (χ0) is 38.1. The van der Waals surface area contributed by atoms with Crippen molar-refractivity contribution in [3.05, 3.63) is 127 Å². The Morgan fingerprint density at radius 3 is 1.08 bits per heavy atom. The second-order valence-corrected chi connectivity index (χ2v) is 20.3. The summed E-state index contributed by atoms with van der Waals surface area (Å²) in [7, 11) is 0. The van der Waals surface area contributed by atoms with Gasteiger partial charge in [0, 0.05) is 11.1 Å². The van der Waals surface area contributed by atoms with Gasteiger partial charge in [0.1, 0.15) is 0 Å². The van der Waals surface area contributed by atoms with Crippen molar-refractivity contribution in [1.29, 1.82) is 0 Å². The number of rotatable bonds is 6. The van der Waals surface area contributed by atoms with Crippen molar-refractivity contribution in [2.24, 2.45) is 35.5 Å². The van der Waals surface area contributed by atoms with Crippen LogP contribution in [0.4, 0.5) is 0 Å². The number of hydrogen-bond donors (Lipinski definition) is 0. The molecule has 0 aliphatic heterocycles. The van der Waals surface area contributed by atoms with Crippen LogP contribution in [-0.4, -0.2) is 4.98 Å². The molecule has 8 saturated carbocycles. The van der Waals surface area contributed by atoms with E-state index < -0.39 is 0 Å². The Morgan fingerprint density at radius 2 is 0.746 bits per heavy atom. The van der Waals surface area contributed by atoms with Crippen LogP contribution in [0, 0.1) is 78.1 Å². The molecule has 1 aromatic heterocycles. The molecule has 4 heteroatoms. The molecule has 0 radical (unpaired) electrons. The van der Waals surface area contributed by atoms with Crippen molar-refractivity contribution in [3.63, 3.8) is 0 Å². The largest absolute Gasteiger partial charge is 4.00 e. The van der Waals surface area contributed by atoms with Gasteiger partial charge in [-0.2, -0.15) is 0 Å². The molecular weight excluding hydrogens is 798 g/mol. The summed E-state index contributed by atoms with van der Waals surface area (Å²) in [4.78, 5) is 5.42. The molecular formula is C55H61NO2Zr. The van der Waals surface area contributed by atoms with Gasteiger partial charge in [-0.15, -0.1) is 0 Å². The molecule has 4 aromatic carbocycles.